The summed E-state index contributed by atoms with van der Waals surface area (Å²) >= 11 is 11.3. The molecule has 0 aliphatic rings. The predicted molar refractivity (Wildman–Crippen MR) is 84.3 cm³/mol. The second-order valence-electron chi connectivity index (χ2n) is 4.22. The fraction of sp³-hybridized carbons (Fsp3) is 0.286. The van der Waals surface area contributed by atoms with E-state index >= 15 is 0 Å². The first kappa shape index (κ1) is 14.1. The molecular formula is C14H15BrClNS. The van der Waals surface area contributed by atoms with Gasteiger partial charge in [-0.15, -0.1) is 11.3 Å². The molecule has 1 atom stereocenters. The monoisotopic (exact) mass is 343 g/mol. The van der Waals surface area contributed by atoms with E-state index < -0.39 is 0 Å². The molecular weight excluding hydrogens is 330 g/mol. The SMILES string of the molecule is CCCC(N)c1ccc(-c2cc(Cl)ccc2Br)s1. The maximum absolute atomic E-state index is 6.14. The zero-order chi connectivity index (χ0) is 13.1. The number of hydrogen-bond donors (Lipinski definition) is 1. The molecule has 4 heteroatoms. The summed E-state index contributed by atoms with van der Waals surface area (Å²) in [5.74, 6) is 0. The van der Waals surface area contributed by atoms with E-state index in [0.717, 1.165) is 27.9 Å². The Morgan fingerprint density at radius 3 is 2.83 bits per heavy atom. The van der Waals surface area contributed by atoms with Crippen molar-refractivity contribution in [3.63, 3.8) is 0 Å². The van der Waals surface area contributed by atoms with Crippen molar-refractivity contribution >= 4 is 38.9 Å². The molecule has 0 bridgehead atoms. The van der Waals surface area contributed by atoms with Gasteiger partial charge in [0, 0.05) is 30.9 Å². The zero-order valence-corrected chi connectivity index (χ0v) is 13.3. The standard InChI is InChI=1S/C14H15BrClNS/c1-2-3-12(17)14-7-6-13(18-14)10-8-9(16)4-5-11(10)15/h4-8,12H,2-3,17H2,1H3. The Morgan fingerprint density at radius 2 is 2.11 bits per heavy atom. The van der Waals surface area contributed by atoms with Crippen molar-refractivity contribution in [2.24, 2.45) is 5.73 Å². The molecule has 2 rings (SSSR count). The number of nitrogens with two attached hydrogens (primary N) is 1. The highest BCUT2D eigenvalue weighted by Gasteiger charge is 2.11. The highest BCUT2D eigenvalue weighted by Crippen LogP contribution is 2.37. The van der Waals surface area contributed by atoms with Crippen molar-refractivity contribution in [2.75, 3.05) is 0 Å². The molecule has 1 unspecified atom stereocenters. The molecule has 0 spiro atoms. The lowest BCUT2D eigenvalue weighted by Crippen LogP contribution is -2.07. The van der Waals surface area contributed by atoms with Gasteiger partial charge in [-0.1, -0.05) is 40.9 Å². The molecule has 1 heterocycles. The number of halogens is 2. The average molecular weight is 345 g/mol. The maximum Gasteiger partial charge on any atom is 0.0413 e. The first-order valence-corrected chi connectivity index (χ1v) is 7.91. The second-order valence-corrected chi connectivity index (χ2v) is 6.63. The van der Waals surface area contributed by atoms with Gasteiger partial charge in [0.2, 0.25) is 0 Å². The summed E-state index contributed by atoms with van der Waals surface area (Å²) in [5, 5.41) is 0.751. The van der Waals surface area contributed by atoms with Crippen molar-refractivity contribution in [3.8, 4) is 10.4 Å². The first-order chi connectivity index (χ1) is 8.61. The Hall–Kier alpha value is -0.350. The van der Waals surface area contributed by atoms with E-state index in [4.69, 9.17) is 17.3 Å². The lowest BCUT2D eigenvalue weighted by Gasteiger charge is -2.07. The molecule has 2 N–H and O–H groups in total. The van der Waals surface area contributed by atoms with Crippen molar-refractivity contribution in [2.45, 2.75) is 25.8 Å². The van der Waals surface area contributed by atoms with Crippen molar-refractivity contribution in [1.29, 1.82) is 0 Å². The van der Waals surface area contributed by atoms with Gasteiger partial charge in [0.1, 0.15) is 0 Å². The Kier molecular flexibility index (Phi) is 4.84. The summed E-state index contributed by atoms with van der Waals surface area (Å²) in [7, 11) is 0. The van der Waals surface area contributed by atoms with Crippen LogP contribution < -0.4 is 5.73 Å². The van der Waals surface area contributed by atoms with Crippen molar-refractivity contribution in [1.82, 2.24) is 0 Å². The molecule has 0 fully saturated rings. The largest absolute Gasteiger partial charge is 0.323 e. The summed E-state index contributed by atoms with van der Waals surface area (Å²) in [6, 6.07) is 10.2. The van der Waals surface area contributed by atoms with Gasteiger partial charge in [-0.3, -0.25) is 0 Å². The van der Waals surface area contributed by atoms with Crippen LogP contribution in [0.5, 0.6) is 0 Å². The number of hydrogen-bond acceptors (Lipinski definition) is 2. The summed E-state index contributed by atoms with van der Waals surface area (Å²) in [4.78, 5) is 2.43. The zero-order valence-electron chi connectivity index (χ0n) is 10.1. The van der Waals surface area contributed by atoms with E-state index in [-0.39, 0.29) is 6.04 Å². The van der Waals surface area contributed by atoms with Gasteiger partial charge in [0.05, 0.1) is 0 Å². The minimum absolute atomic E-state index is 0.145. The molecule has 0 radical (unpaired) electrons. The molecule has 0 saturated heterocycles. The van der Waals surface area contributed by atoms with Crippen LogP contribution in [0.4, 0.5) is 0 Å². The van der Waals surface area contributed by atoms with Crippen LogP contribution in [-0.4, -0.2) is 0 Å². The van der Waals surface area contributed by atoms with Crippen LogP contribution in [-0.2, 0) is 0 Å². The lowest BCUT2D eigenvalue weighted by atomic mass is 10.1. The molecule has 0 aliphatic carbocycles. The molecule has 2 aromatic rings. The third kappa shape index (κ3) is 3.15. The third-order valence-corrected chi connectivity index (χ3v) is 4.96. The van der Waals surface area contributed by atoms with Gasteiger partial charge in [0.15, 0.2) is 0 Å². The van der Waals surface area contributed by atoms with Crippen LogP contribution in [0.15, 0.2) is 34.8 Å². The Labute approximate surface area is 125 Å². The van der Waals surface area contributed by atoms with E-state index in [2.05, 4.69) is 35.0 Å². The fourth-order valence-corrected chi connectivity index (χ4v) is 3.67. The summed E-state index contributed by atoms with van der Waals surface area (Å²) in [5.41, 5.74) is 7.26. The van der Waals surface area contributed by atoms with Gasteiger partial charge >= 0.3 is 0 Å². The van der Waals surface area contributed by atoms with Gasteiger partial charge in [-0.25, -0.2) is 0 Å². The first-order valence-electron chi connectivity index (χ1n) is 5.92. The smallest absolute Gasteiger partial charge is 0.0413 e. The van der Waals surface area contributed by atoms with Gasteiger partial charge in [-0.2, -0.15) is 0 Å². The van der Waals surface area contributed by atoms with Crippen molar-refractivity contribution < 1.29 is 0 Å². The predicted octanol–water partition coefficient (Wildman–Crippen LogP) is 5.63. The molecule has 1 aromatic carbocycles. The summed E-state index contributed by atoms with van der Waals surface area (Å²) in [6.07, 6.45) is 2.13. The molecule has 18 heavy (non-hydrogen) atoms. The average Bonchev–Trinajstić information content (AvgIpc) is 2.82. The number of benzene rings is 1. The molecule has 0 saturated carbocycles. The normalized spacial score (nSPS) is 12.7. The van der Waals surface area contributed by atoms with Crippen LogP contribution in [0.1, 0.15) is 30.7 Å². The van der Waals surface area contributed by atoms with Gasteiger partial charge < -0.3 is 5.73 Å². The van der Waals surface area contributed by atoms with Crippen LogP contribution in [0.25, 0.3) is 10.4 Å². The molecule has 0 aliphatic heterocycles. The quantitative estimate of drug-likeness (QED) is 0.764. The number of thiophene rings is 1. The second kappa shape index (κ2) is 6.20. The van der Waals surface area contributed by atoms with Crippen LogP contribution in [0, 0.1) is 0 Å². The van der Waals surface area contributed by atoms with E-state index in [0.29, 0.717) is 0 Å². The highest BCUT2D eigenvalue weighted by molar-refractivity contribution is 9.10. The summed E-state index contributed by atoms with van der Waals surface area (Å²) in [6.45, 7) is 2.15. The topological polar surface area (TPSA) is 26.0 Å². The minimum atomic E-state index is 0.145. The Morgan fingerprint density at radius 1 is 1.33 bits per heavy atom. The van der Waals surface area contributed by atoms with Gasteiger partial charge in [-0.05, 0) is 36.8 Å². The maximum atomic E-state index is 6.14. The van der Waals surface area contributed by atoms with Crippen LogP contribution >= 0.6 is 38.9 Å². The summed E-state index contributed by atoms with van der Waals surface area (Å²) < 4.78 is 1.06. The lowest BCUT2D eigenvalue weighted by molar-refractivity contribution is 0.648. The van der Waals surface area contributed by atoms with Gasteiger partial charge in [0.25, 0.3) is 0 Å². The Balaban J connectivity index is 2.32. The molecule has 0 amide bonds. The van der Waals surface area contributed by atoms with Crippen molar-refractivity contribution in [3.05, 3.63) is 44.7 Å². The van der Waals surface area contributed by atoms with E-state index in [1.54, 1.807) is 11.3 Å². The molecule has 1 aromatic heterocycles. The molecule has 1 nitrogen and oxygen atoms in total. The minimum Gasteiger partial charge on any atom is -0.323 e. The van der Waals surface area contributed by atoms with Crippen LogP contribution in [0.3, 0.4) is 0 Å². The van der Waals surface area contributed by atoms with E-state index in [1.165, 1.54) is 9.75 Å². The number of rotatable bonds is 4. The highest BCUT2D eigenvalue weighted by atomic mass is 79.9. The van der Waals surface area contributed by atoms with E-state index in [1.807, 2.05) is 18.2 Å². The fourth-order valence-electron chi connectivity index (χ4n) is 1.84. The van der Waals surface area contributed by atoms with E-state index in [9.17, 15) is 0 Å². The Bertz CT molecular complexity index is 538. The van der Waals surface area contributed by atoms with Crippen LogP contribution in [0.2, 0.25) is 5.02 Å². The third-order valence-electron chi connectivity index (χ3n) is 2.79. The molecule has 96 valence electrons.